The van der Waals surface area contributed by atoms with Crippen molar-refractivity contribution in [2.24, 2.45) is 23.7 Å². The zero-order valence-electron chi connectivity index (χ0n) is 23.4. The molecule has 0 radical (unpaired) electrons. The molecule has 4 aliphatic heterocycles. The first-order valence-electron chi connectivity index (χ1n) is 14.8. The molecular weight excluding hydrogens is 530 g/mol. The quantitative estimate of drug-likeness (QED) is 0.234. The topological polar surface area (TPSA) is 76.9 Å². The first-order valence-corrected chi connectivity index (χ1v) is 15.2. The highest BCUT2D eigenvalue weighted by molar-refractivity contribution is 6.31. The van der Waals surface area contributed by atoms with E-state index in [1.54, 1.807) is 0 Å². The predicted octanol–water partition coefficient (Wildman–Crippen LogP) is 6.62. The zero-order valence-corrected chi connectivity index (χ0v) is 24.2. The fourth-order valence-electron chi connectivity index (χ4n) is 7.64. The fraction of sp³-hybridized carbons (Fsp3) is 0.613. The molecule has 5 aliphatic rings. The first kappa shape index (κ1) is 26.8. The summed E-state index contributed by atoms with van der Waals surface area (Å²) in [5.74, 6) is 0.622. The van der Waals surface area contributed by atoms with E-state index in [4.69, 9.17) is 35.6 Å². The Labute approximate surface area is 240 Å². The molecule has 8 atom stereocenters. The molecular formula is C31H38ClN3O5. The minimum atomic E-state index is -0.765. The largest absolute Gasteiger partial charge is 0.352 e. The van der Waals surface area contributed by atoms with Crippen LogP contribution in [0.1, 0.15) is 65.0 Å². The van der Waals surface area contributed by atoms with Crippen LogP contribution in [0.5, 0.6) is 0 Å². The van der Waals surface area contributed by atoms with Crippen LogP contribution in [0.25, 0.3) is 16.5 Å². The average molecular weight is 568 g/mol. The third-order valence-electron chi connectivity index (χ3n) is 9.81. The maximum Gasteiger partial charge on any atom is 0.201 e. The lowest BCUT2D eigenvalue weighted by Crippen LogP contribution is -2.70. The van der Waals surface area contributed by atoms with E-state index in [2.05, 4.69) is 36.3 Å². The second-order valence-electron chi connectivity index (χ2n) is 12.4. The van der Waals surface area contributed by atoms with Gasteiger partial charge in [0.1, 0.15) is 0 Å². The third-order valence-corrected chi connectivity index (χ3v) is 10.0. The van der Waals surface area contributed by atoms with Gasteiger partial charge in [0, 0.05) is 35.3 Å². The second-order valence-corrected chi connectivity index (χ2v) is 12.8. The van der Waals surface area contributed by atoms with Crippen LogP contribution in [0.3, 0.4) is 0 Å². The summed E-state index contributed by atoms with van der Waals surface area (Å²) in [7, 11) is 0. The fourth-order valence-corrected chi connectivity index (χ4v) is 7.82. The molecule has 3 aromatic rings. The molecule has 1 spiro atoms. The Morgan fingerprint density at radius 2 is 1.98 bits per heavy atom. The molecule has 214 valence electrons. The molecule has 1 aromatic heterocycles. The lowest BCUT2D eigenvalue weighted by molar-refractivity contribution is -0.577. The van der Waals surface area contributed by atoms with Crippen LogP contribution in [0, 0.1) is 23.7 Å². The highest BCUT2D eigenvalue weighted by atomic mass is 35.5. The van der Waals surface area contributed by atoms with Crippen LogP contribution in [-0.4, -0.2) is 45.6 Å². The van der Waals surface area contributed by atoms with Crippen molar-refractivity contribution in [2.75, 3.05) is 6.61 Å². The van der Waals surface area contributed by atoms with E-state index in [1.807, 2.05) is 42.1 Å². The highest BCUT2D eigenvalue weighted by Crippen LogP contribution is 2.60. The van der Waals surface area contributed by atoms with E-state index in [9.17, 15) is 0 Å². The van der Waals surface area contributed by atoms with Gasteiger partial charge in [0.25, 0.3) is 0 Å². The number of hydrogen-bond acceptors (Lipinski definition) is 7. The maximum atomic E-state index is 6.53. The molecule has 9 heteroatoms. The molecule has 2 aromatic carbocycles. The summed E-state index contributed by atoms with van der Waals surface area (Å²) < 4.78 is 21.2. The molecule has 0 amide bonds. The lowest BCUT2D eigenvalue weighted by atomic mass is 9.58. The van der Waals surface area contributed by atoms with Crippen LogP contribution in [-0.2, 0) is 30.4 Å². The molecule has 5 heterocycles. The van der Waals surface area contributed by atoms with Gasteiger partial charge < -0.3 is 14.2 Å². The lowest BCUT2D eigenvalue weighted by Gasteiger charge is -2.60. The van der Waals surface area contributed by atoms with Gasteiger partial charge in [0.15, 0.2) is 18.2 Å². The normalized spacial score (nSPS) is 36.9. The molecule has 40 heavy (non-hydrogen) atoms. The number of hydrogen-bond donors (Lipinski definition) is 0. The Balaban J connectivity index is 0.962. The number of aryl methyl sites for hydroxylation is 1. The summed E-state index contributed by atoms with van der Waals surface area (Å²) in [6.45, 7) is 7.14. The summed E-state index contributed by atoms with van der Waals surface area (Å²) >= 11 is 6.18. The Morgan fingerprint density at radius 1 is 1.07 bits per heavy atom. The Hall–Kier alpha value is -2.07. The second kappa shape index (κ2) is 10.3. The van der Waals surface area contributed by atoms with Gasteiger partial charge in [-0.25, -0.2) is 14.5 Å². The molecule has 4 saturated heterocycles. The van der Waals surface area contributed by atoms with Crippen LogP contribution >= 0.6 is 11.6 Å². The van der Waals surface area contributed by atoms with E-state index < -0.39 is 17.7 Å². The van der Waals surface area contributed by atoms with Crippen molar-refractivity contribution in [3.63, 3.8) is 0 Å². The maximum absolute atomic E-state index is 6.53. The summed E-state index contributed by atoms with van der Waals surface area (Å²) in [5.41, 5.74) is 1.41. The summed E-state index contributed by atoms with van der Waals surface area (Å²) in [6.07, 6.45) is 8.03. The number of nitrogens with zero attached hydrogens (tertiary/aromatic N) is 3. The summed E-state index contributed by atoms with van der Waals surface area (Å²) in [4.78, 5) is 12.1. The van der Waals surface area contributed by atoms with Gasteiger partial charge in [-0.2, -0.15) is 0 Å². The molecule has 0 N–H and O–H groups in total. The van der Waals surface area contributed by atoms with Gasteiger partial charge in [-0.1, -0.05) is 48.9 Å². The van der Waals surface area contributed by atoms with Gasteiger partial charge in [0.05, 0.1) is 17.6 Å². The van der Waals surface area contributed by atoms with Crippen LogP contribution in [0.2, 0.25) is 5.02 Å². The minimum absolute atomic E-state index is 0.191. The SMILES string of the molecule is C[C@H]1[C@@H](OCCCCc2cn(-c3cccc4cc(Cl)ccc34)nn2)O[C@@H]2O[C@]3(C)CC[C@H]4[C@H](C)CC[C@@H]1[C@@]24OO3. The predicted molar refractivity (Wildman–Crippen MR) is 150 cm³/mol. The van der Waals surface area contributed by atoms with Crippen molar-refractivity contribution in [1.29, 1.82) is 0 Å². The molecule has 0 unspecified atom stereocenters. The summed E-state index contributed by atoms with van der Waals surface area (Å²) in [5, 5.41) is 11.7. The standard InChI is InChI=1S/C31H38ClN3O5/c1-19-10-13-26-20(2)28(37-29-31(26)25(19)14-15-30(3,38-29)39-40-31)36-16-5-4-8-23-18-35(34-33-23)27-9-6-7-21-17-22(32)11-12-24(21)27/h6-7,9,11-12,17-20,25-26,28-29H,4-5,8,10,13-16H2,1-3H3/t19-,20-,25+,26+,28+,29-,30+,31-/m1/s1. The van der Waals surface area contributed by atoms with Crippen molar-refractivity contribution in [2.45, 2.75) is 89.7 Å². The van der Waals surface area contributed by atoms with Crippen molar-refractivity contribution >= 4 is 22.4 Å². The Kier molecular flexibility index (Phi) is 6.92. The average Bonchev–Trinajstić information content (AvgIpc) is 3.30. The number of rotatable bonds is 7. The van der Waals surface area contributed by atoms with Crippen LogP contribution < -0.4 is 0 Å². The van der Waals surface area contributed by atoms with Gasteiger partial charge >= 0.3 is 0 Å². The number of unbranched alkanes of at least 4 members (excludes halogenated alkanes) is 1. The van der Waals surface area contributed by atoms with Crippen molar-refractivity contribution in [3.8, 4) is 5.69 Å². The number of halogens is 1. The van der Waals surface area contributed by atoms with E-state index in [1.165, 1.54) is 6.42 Å². The molecule has 8 rings (SSSR count). The molecule has 5 fully saturated rings. The smallest absolute Gasteiger partial charge is 0.201 e. The molecule has 1 saturated carbocycles. The highest BCUT2D eigenvalue weighted by Gasteiger charge is 2.69. The van der Waals surface area contributed by atoms with Crippen molar-refractivity contribution in [3.05, 3.63) is 53.3 Å². The van der Waals surface area contributed by atoms with Crippen LogP contribution in [0.4, 0.5) is 0 Å². The minimum Gasteiger partial charge on any atom is -0.352 e. The Bertz CT molecular complexity index is 1380. The van der Waals surface area contributed by atoms with E-state index in [0.717, 1.165) is 65.7 Å². The van der Waals surface area contributed by atoms with Gasteiger partial charge in [0.2, 0.25) is 5.79 Å². The van der Waals surface area contributed by atoms with Gasteiger partial charge in [-0.05, 0) is 80.9 Å². The van der Waals surface area contributed by atoms with Gasteiger partial charge in [-0.15, -0.1) is 5.10 Å². The monoisotopic (exact) mass is 567 g/mol. The van der Waals surface area contributed by atoms with Crippen molar-refractivity contribution < 1.29 is 24.0 Å². The van der Waals surface area contributed by atoms with Gasteiger partial charge in [-0.3, -0.25) is 0 Å². The molecule has 1 aliphatic carbocycles. The van der Waals surface area contributed by atoms with Crippen LogP contribution in [0.15, 0.2) is 42.6 Å². The Morgan fingerprint density at radius 3 is 2.88 bits per heavy atom. The van der Waals surface area contributed by atoms with E-state index >= 15 is 0 Å². The number of fused-ring (bicyclic) bond motifs is 3. The number of benzene rings is 2. The van der Waals surface area contributed by atoms with Crippen molar-refractivity contribution in [1.82, 2.24) is 15.0 Å². The summed E-state index contributed by atoms with van der Waals surface area (Å²) in [6, 6.07) is 12.0. The molecule has 8 nitrogen and oxygen atoms in total. The molecule has 2 bridgehead atoms. The zero-order chi connectivity index (χ0) is 27.5. The number of ether oxygens (including phenoxy) is 3. The van der Waals surface area contributed by atoms with E-state index in [0.29, 0.717) is 18.4 Å². The number of aromatic nitrogens is 3. The first-order chi connectivity index (χ1) is 19.4. The third kappa shape index (κ3) is 4.48. The van der Waals surface area contributed by atoms with E-state index in [-0.39, 0.29) is 18.1 Å².